The Bertz CT molecular complexity index is 1230. The first-order chi connectivity index (χ1) is 14.6. The molecule has 8 nitrogen and oxygen atoms in total. The first-order valence-corrected chi connectivity index (χ1v) is 9.99. The molecule has 2 atom stereocenters. The molecular formula is C21H20ClN5O3. The van der Waals surface area contributed by atoms with Crippen LogP contribution in [0.1, 0.15) is 19.1 Å². The quantitative estimate of drug-likeness (QED) is 0.516. The number of benzene rings is 1. The summed E-state index contributed by atoms with van der Waals surface area (Å²) in [6, 6.07) is 7.34. The molecule has 1 fully saturated rings. The Morgan fingerprint density at radius 1 is 1.17 bits per heavy atom. The van der Waals surface area contributed by atoms with Gasteiger partial charge in [-0.2, -0.15) is 0 Å². The van der Waals surface area contributed by atoms with Gasteiger partial charge in [0.05, 0.1) is 29.1 Å². The van der Waals surface area contributed by atoms with Crippen LogP contribution in [0, 0.1) is 0 Å². The van der Waals surface area contributed by atoms with Crippen LogP contribution in [0.5, 0.6) is 11.5 Å². The maximum Gasteiger partial charge on any atom is 0.163 e. The van der Waals surface area contributed by atoms with Crippen molar-refractivity contribution in [3.8, 4) is 11.5 Å². The Morgan fingerprint density at radius 3 is 2.93 bits per heavy atom. The second-order valence-corrected chi connectivity index (χ2v) is 7.54. The zero-order valence-corrected chi connectivity index (χ0v) is 17.0. The molecule has 1 aromatic carbocycles. The number of halogens is 1. The van der Waals surface area contributed by atoms with E-state index in [1.165, 1.54) is 6.33 Å². The van der Waals surface area contributed by atoms with Crippen molar-refractivity contribution in [1.82, 2.24) is 19.5 Å². The number of pyridine rings is 1. The van der Waals surface area contributed by atoms with Gasteiger partial charge in [-0.3, -0.25) is 4.98 Å². The molecule has 4 heterocycles. The van der Waals surface area contributed by atoms with E-state index in [0.717, 1.165) is 34.8 Å². The Hall–Kier alpha value is -3.10. The lowest BCUT2D eigenvalue weighted by atomic mass is 10.2. The van der Waals surface area contributed by atoms with Gasteiger partial charge >= 0.3 is 0 Å². The largest absolute Gasteiger partial charge is 0.493 e. The second kappa shape index (κ2) is 7.62. The van der Waals surface area contributed by atoms with Crippen molar-refractivity contribution in [3.63, 3.8) is 0 Å². The average molecular weight is 426 g/mol. The number of rotatable bonds is 5. The zero-order chi connectivity index (χ0) is 20.7. The summed E-state index contributed by atoms with van der Waals surface area (Å²) in [5.74, 6) is 1.68. The molecule has 1 aliphatic rings. The van der Waals surface area contributed by atoms with Gasteiger partial charge in [-0.25, -0.2) is 9.97 Å². The van der Waals surface area contributed by atoms with Crippen LogP contribution < -0.4 is 15.2 Å². The van der Waals surface area contributed by atoms with Crippen molar-refractivity contribution in [3.05, 3.63) is 48.0 Å². The van der Waals surface area contributed by atoms with E-state index in [0.29, 0.717) is 28.9 Å². The molecule has 154 valence electrons. The summed E-state index contributed by atoms with van der Waals surface area (Å²) in [7, 11) is 1.60. The number of hydrogen-bond acceptors (Lipinski definition) is 7. The van der Waals surface area contributed by atoms with E-state index in [-0.39, 0.29) is 12.3 Å². The Labute approximate surface area is 177 Å². The lowest BCUT2D eigenvalue weighted by Crippen LogP contribution is -2.18. The molecule has 1 aliphatic heterocycles. The summed E-state index contributed by atoms with van der Waals surface area (Å²) in [4.78, 5) is 12.7. The number of anilines is 1. The summed E-state index contributed by atoms with van der Waals surface area (Å²) in [6.07, 6.45) is 6.62. The van der Waals surface area contributed by atoms with Crippen molar-refractivity contribution >= 4 is 39.4 Å². The number of aromatic nitrogens is 4. The third-order valence-corrected chi connectivity index (χ3v) is 5.66. The van der Waals surface area contributed by atoms with E-state index in [9.17, 15) is 0 Å². The van der Waals surface area contributed by atoms with E-state index in [2.05, 4.69) is 15.0 Å². The number of fused-ring (bicyclic) bond motifs is 2. The molecule has 0 amide bonds. The van der Waals surface area contributed by atoms with Gasteiger partial charge in [0, 0.05) is 23.8 Å². The van der Waals surface area contributed by atoms with Crippen molar-refractivity contribution in [1.29, 1.82) is 0 Å². The van der Waals surface area contributed by atoms with E-state index >= 15 is 0 Å². The van der Waals surface area contributed by atoms with Crippen molar-refractivity contribution in [2.24, 2.45) is 0 Å². The highest BCUT2D eigenvalue weighted by Crippen LogP contribution is 2.36. The van der Waals surface area contributed by atoms with Gasteiger partial charge in [0.25, 0.3) is 0 Å². The Morgan fingerprint density at radius 2 is 2.07 bits per heavy atom. The van der Waals surface area contributed by atoms with Crippen LogP contribution in [-0.4, -0.2) is 39.3 Å². The predicted octanol–water partition coefficient (Wildman–Crippen LogP) is 3.98. The van der Waals surface area contributed by atoms with E-state index in [1.807, 2.05) is 29.0 Å². The summed E-state index contributed by atoms with van der Waals surface area (Å²) in [5, 5.41) is 2.27. The lowest BCUT2D eigenvalue weighted by molar-refractivity contribution is -0.0159. The topological polar surface area (TPSA) is 97.3 Å². The molecule has 0 radical (unpaired) electrons. The van der Waals surface area contributed by atoms with E-state index in [1.54, 1.807) is 19.4 Å². The van der Waals surface area contributed by atoms with Crippen LogP contribution in [0.3, 0.4) is 0 Å². The first-order valence-electron chi connectivity index (χ1n) is 9.61. The van der Waals surface area contributed by atoms with Gasteiger partial charge in [-0.15, -0.1) is 0 Å². The molecule has 2 unspecified atom stereocenters. The SMILES string of the molecule is COc1cc2c(Cl)ccnc2cc1OCC1CCC(n2ccc3c(N)ncnc32)O1. The van der Waals surface area contributed by atoms with Crippen molar-refractivity contribution in [2.45, 2.75) is 25.2 Å². The minimum absolute atomic E-state index is 0.0562. The minimum Gasteiger partial charge on any atom is -0.493 e. The minimum atomic E-state index is -0.121. The molecule has 1 saturated heterocycles. The summed E-state index contributed by atoms with van der Waals surface area (Å²) < 4.78 is 19.7. The molecule has 30 heavy (non-hydrogen) atoms. The van der Waals surface area contributed by atoms with Gasteiger partial charge < -0.3 is 24.5 Å². The average Bonchev–Trinajstić information content (AvgIpc) is 3.39. The molecule has 0 aliphatic carbocycles. The van der Waals surface area contributed by atoms with Gasteiger partial charge in [0.2, 0.25) is 0 Å². The van der Waals surface area contributed by atoms with Gasteiger partial charge in [-0.05, 0) is 31.0 Å². The molecular weight excluding hydrogens is 406 g/mol. The third-order valence-electron chi connectivity index (χ3n) is 5.33. The standard InChI is InChI=1S/C21H20ClN5O3/c1-28-17-8-14-15(22)4-6-24-16(14)9-18(17)29-10-12-2-3-19(30-12)27-7-5-13-20(23)25-11-26-21(13)27/h4-9,11-12,19H,2-3,10H2,1H3,(H2,23,25,26). The molecule has 3 aromatic heterocycles. The monoisotopic (exact) mass is 425 g/mol. The lowest BCUT2D eigenvalue weighted by Gasteiger charge is -2.17. The highest BCUT2D eigenvalue weighted by Gasteiger charge is 2.28. The zero-order valence-electron chi connectivity index (χ0n) is 16.3. The molecule has 0 saturated carbocycles. The fourth-order valence-electron chi connectivity index (χ4n) is 3.81. The van der Waals surface area contributed by atoms with Gasteiger partial charge in [0.1, 0.15) is 30.6 Å². The van der Waals surface area contributed by atoms with Crippen LogP contribution in [0.25, 0.3) is 21.9 Å². The highest BCUT2D eigenvalue weighted by atomic mass is 35.5. The van der Waals surface area contributed by atoms with Crippen molar-refractivity contribution < 1.29 is 14.2 Å². The number of methoxy groups -OCH3 is 1. The molecule has 0 bridgehead atoms. The van der Waals surface area contributed by atoms with Crippen LogP contribution >= 0.6 is 11.6 Å². The first kappa shape index (κ1) is 18.9. The maximum atomic E-state index is 6.26. The number of hydrogen-bond donors (Lipinski definition) is 1. The van der Waals surface area contributed by atoms with Gasteiger partial charge in [0.15, 0.2) is 11.5 Å². The predicted molar refractivity (Wildman–Crippen MR) is 114 cm³/mol. The van der Waals surface area contributed by atoms with E-state index in [4.69, 9.17) is 31.5 Å². The van der Waals surface area contributed by atoms with Crippen molar-refractivity contribution in [2.75, 3.05) is 19.5 Å². The van der Waals surface area contributed by atoms with Crippen LogP contribution in [0.15, 0.2) is 43.0 Å². The Kier molecular flexibility index (Phi) is 4.80. The normalized spacial score (nSPS) is 18.9. The number of nitrogens with zero attached hydrogens (tertiary/aromatic N) is 4. The molecule has 2 N–H and O–H groups in total. The number of nitrogens with two attached hydrogens (primary N) is 1. The molecule has 9 heteroatoms. The molecule has 5 rings (SSSR count). The molecule has 0 spiro atoms. The number of ether oxygens (including phenoxy) is 3. The third kappa shape index (κ3) is 3.28. The number of nitrogen functional groups attached to an aromatic ring is 1. The van der Waals surface area contributed by atoms with Crippen LogP contribution in [0.2, 0.25) is 5.02 Å². The maximum absolute atomic E-state index is 6.26. The summed E-state index contributed by atoms with van der Waals surface area (Å²) in [6.45, 7) is 0.398. The summed E-state index contributed by atoms with van der Waals surface area (Å²) >= 11 is 6.26. The highest BCUT2D eigenvalue weighted by molar-refractivity contribution is 6.35. The van der Waals surface area contributed by atoms with Crippen LogP contribution in [0.4, 0.5) is 5.82 Å². The fraction of sp³-hybridized carbons (Fsp3) is 0.286. The fourth-order valence-corrected chi connectivity index (χ4v) is 4.02. The van der Waals surface area contributed by atoms with Crippen LogP contribution in [-0.2, 0) is 4.74 Å². The van der Waals surface area contributed by atoms with E-state index < -0.39 is 0 Å². The van der Waals surface area contributed by atoms with Gasteiger partial charge in [-0.1, -0.05) is 11.6 Å². The smallest absolute Gasteiger partial charge is 0.163 e. The summed E-state index contributed by atoms with van der Waals surface area (Å²) in [5.41, 5.74) is 7.45. The second-order valence-electron chi connectivity index (χ2n) is 7.13. The molecule has 4 aromatic rings. The Balaban J connectivity index is 1.31.